The molecule has 6 nitrogen and oxygen atoms in total. The van der Waals surface area contributed by atoms with Gasteiger partial charge in [0, 0.05) is 4.32 Å². The standard InChI is InChI=1S/C24H29BrO6/c1-3-29-21(27)17-6-18(22(28)30-4-2)8-19(7-17)31-20(26)13-23-9-15-5-16(10-23)12-24(25,11-15)14-23/h6-8,15-16H,3-5,9-14H2,1-2H3/t15-,16-,23?,24?/m0/s1. The fraction of sp³-hybridized carbons (Fsp3) is 0.625. The fourth-order valence-electron chi connectivity index (χ4n) is 6.34. The Bertz CT molecular complexity index is 844. The van der Waals surface area contributed by atoms with Gasteiger partial charge in [-0.15, -0.1) is 0 Å². The van der Waals surface area contributed by atoms with Gasteiger partial charge in [0.25, 0.3) is 0 Å². The van der Waals surface area contributed by atoms with Crippen molar-refractivity contribution < 1.29 is 28.6 Å². The van der Waals surface area contributed by atoms with Gasteiger partial charge in [0.15, 0.2) is 0 Å². The normalized spacial score (nSPS) is 30.7. The van der Waals surface area contributed by atoms with Gasteiger partial charge in [0.1, 0.15) is 5.75 Å². The Morgan fingerprint density at radius 1 is 0.935 bits per heavy atom. The highest BCUT2D eigenvalue weighted by Gasteiger charge is 2.57. The molecule has 5 rings (SSSR count). The molecule has 0 N–H and O–H groups in total. The molecule has 0 saturated heterocycles. The number of halogens is 1. The lowest BCUT2D eigenvalue weighted by atomic mass is 9.49. The van der Waals surface area contributed by atoms with Crippen molar-refractivity contribution in [2.75, 3.05) is 13.2 Å². The highest BCUT2D eigenvalue weighted by Crippen LogP contribution is 2.65. The zero-order valence-electron chi connectivity index (χ0n) is 18.1. The Kier molecular flexibility index (Phi) is 6.16. The van der Waals surface area contributed by atoms with Crippen LogP contribution in [0.1, 0.15) is 79.5 Å². The van der Waals surface area contributed by atoms with Crippen LogP contribution in [0.5, 0.6) is 5.75 Å². The Hall–Kier alpha value is -1.89. The molecule has 4 fully saturated rings. The lowest BCUT2D eigenvalue weighted by molar-refractivity contribution is -0.141. The summed E-state index contributed by atoms with van der Waals surface area (Å²) < 4.78 is 15.9. The topological polar surface area (TPSA) is 78.9 Å². The minimum atomic E-state index is -0.576. The van der Waals surface area contributed by atoms with E-state index in [4.69, 9.17) is 14.2 Å². The zero-order valence-corrected chi connectivity index (χ0v) is 19.7. The minimum Gasteiger partial charge on any atom is -0.462 e. The van der Waals surface area contributed by atoms with E-state index in [9.17, 15) is 14.4 Å². The molecule has 2 atom stereocenters. The van der Waals surface area contributed by atoms with E-state index in [1.54, 1.807) is 13.8 Å². The predicted octanol–water partition coefficient (Wildman–Crippen LogP) is 5.07. The Morgan fingerprint density at radius 2 is 1.48 bits per heavy atom. The summed E-state index contributed by atoms with van der Waals surface area (Å²) in [6.07, 6.45) is 7.17. The van der Waals surface area contributed by atoms with Crippen molar-refractivity contribution in [3.8, 4) is 5.75 Å². The van der Waals surface area contributed by atoms with E-state index in [1.807, 2.05) is 0 Å². The lowest BCUT2D eigenvalue weighted by Crippen LogP contribution is -2.53. The summed E-state index contributed by atoms with van der Waals surface area (Å²) in [4.78, 5) is 37.4. The molecule has 0 heterocycles. The molecule has 0 radical (unpaired) electrons. The molecule has 0 spiro atoms. The first-order valence-electron chi connectivity index (χ1n) is 11.1. The molecule has 0 aromatic heterocycles. The molecule has 1 aromatic rings. The molecular weight excluding hydrogens is 464 g/mol. The van der Waals surface area contributed by atoms with Crippen LogP contribution in [0, 0.1) is 17.3 Å². The molecule has 4 aliphatic rings. The number of carbonyl (C=O) groups excluding carboxylic acids is 3. The number of hydrogen-bond donors (Lipinski definition) is 0. The number of benzene rings is 1. The summed E-state index contributed by atoms with van der Waals surface area (Å²) in [6.45, 7) is 3.82. The highest BCUT2D eigenvalue weighted by atomic mass is 79.9. The lowest BCUT2D eigenvalue weighted by Gasteiger charge is -2.60. The second kappa shape index (κ2) is 8.57. The first-order chi connectivity index (χ1) is 14.7. The molecule has 168 valence electrons. The van der Waals surface area contributed by atoms with Gasteiger partial charge in [-0.2, -0.15) is 0 Å². The number of carbonyl (C=O) groups is 3. The molecular formula is C24H29BrO6. The van der Waals surface area contributed by atoms with Crippen LogP contribution in [-0.2, 0) is 14.3 Å². The van der Waals surface area contributed by atoms with Crippen molar-refractivity contribution in [3.63, 3.8) is 0 Å². The average Bonchev–Trinajstić information content (AvgIpc) is 2.65. The molecule has 31 heavy (non-hydrogen) atoms. The largest absolute Gasteiger partial charge is 0.462 e. The Morgan fingerprint density at radius 3 is 1.97 bits per heavy atom. The van der Waals surface area contributed by atoms with Crippen molar-refractivity contribution in [1.82, 2.24) is 0 Å². The van der Waals surface area contributed by atoms with Gasteiger partial charge >= 0.3 is 17.9 Å². The Labute approximate surface area is 191 Å². The first kappa shape index (κ1) is 22.3. The van der Waals surface area contributed by atoms with E-state index in [0.717, 1.165) is 19.3 Å². The zero-order chi connectivity index (χ0) is 22.2. The summed E-state index contributed by atoms with van der Waals surface area (Å²) >= 11 is 3.97. The van der Waals surface area contributed by atoms with Crippen LogP contribution in [0.25, 0.3) is 0 Å². The van der Waals surface area contributed by atoms with Crippen molar-refractivity contribution >= 4 is 33.8 Å². The van der Waals surface area contributed by atoms with Crippen LogP contribution in [0.15, 0.2) is 18.2 Å². The van der Waals surface area contributed by atoms with E-state index in [2.05, 4.69) is 15.9 Å². The van der Waals surface area contributed by atoms with Gasteiger partial charge in [-0.05, 0) is 87.8 Å². The summed E-state index contributed by atoms with van der Waals surface area (Å²) in [6, 6.07) is 4.30. The van der Waals surface area contributed by atoms with E-state index in [1.165, 1.54) is 37.5 Å². The number of rotatable bonds is 7. The summed E-state index contributed by atoms with van der Waals surface area (Å²) in [5.41, 5.74) is 0.293. The second-order valence-electron chi connectivity index (χ2n) is 9.45. The summed E-state index contributed by atoms with van der Waals surface area (Å²) in [5, 5.41) is 0. The maximum absolute atomic E-state index is 12.9. The van der Waals surface area contributed by atoms with Crippen LogP contribution >= 0.6 is 15.9 Å². The third-order valence-electron chi connectivity index (χ3n) is 6.79. The van der Waals surface area contributed by atoms with Crippen LogP contribution in [-0.4, -0.2) is 35.4 Å². The molecule has 1 aromatic carbocycles. The van der Waals surface area contributed by atoms with E-state index >= 15 is 0 Å². The monoisotopic (exact) mass is 492 g/mol. The van der Waals surface area contributed by atoms with Gasteiger partial charge in [-0.3, -0.25) is 4.79 Å². The fourth-order valence-corrected chi connectivity index (χ4v) is 7.85. The van der Waals surface area contributed by atoms with Crippen molar-refractivity contribution in [3.05, 3.63) is 29.3 Å². The van der Waals surface area contributed by atoms with Crippen molar-refractivity contribution in [2.24, 2.45) is 17.3 Å². The maximum atomic E-state index is 12.9. The molecule has 4 bridgehead atoms. The molecule has 7 heteroatoms. The molecule has 4 aliphatic carbocycles. The molecule has 4 saturated carbocycles. The third kappa shape index (κ3) is 4.81. The van der Waals surface area contributed by atoms with E-state index in [0.29, 0.717) is 18.3 Å². The molecule has 0 amide bonds. The highest BCUT2D eigenvalue weighted by molar-refractivity contribution is 9.10. The van der Waals surface area contributed by atoms with Gasteiger partial charge in [0.05, 0.1) is 30.8 Å². The van der Waals surface area contributed by atoms with E-state index < -0.39 is 11.9 Å². The van der Waals surface area contributed by atoms with Gasteiger partial charge in [-0.25, -0.2) is 9.59 Å². The first-order valence-corrected chi connectivity index (χ1v) is 11.9. The number of hydrogen-bond acceptors (Lipinski definition) is 6. The molecule has 0 unspecified atom stereocenters. The average molecular weight is 493 g/mol. The van der Waals surface area contributed by atoms with E-state index in [-0.39, 0.29) is 45.8 Å². The van der Waals surface area contributed by atoms with Crippen LogP contribution in [0.3, 0.4) is 0 Å². The Balaban J connectivity index is 1.52. The summed E-state index contributed by atoms with van der Waals surface area (Å²) in [7, 11) is 0. The van der Waals surface area contributed by atoms with Gasteiger partial charge in [0.2, 0.25) is 0 Å². The molecule has 0 aliphatic heterocycles. The van der Waals surface area contributed by atoms with Crippen LogP contribution < -0.4 is 4.74 Å². The number of ether oxygens (including phenoxy) is 3. The van der Waals surface area contributed by atoms with Crippen molar-refractivity contribution in [2.45, 2.75) is 63.1 Å². The van der Waals surface area contributed by atoms with Crippen LogP contribution in [0.2, 0.25) is 0 Å². The summed E-state index contributed by atoms with van der Waals surface area (Å²) in [5.74, 6) is 0.0410. The van der Waals surface area contributed by atoms with Crippen molar-refractivity contribution in [1.29, 1.82) is 0 Å². The van der Waals surface area contributed by atoms with Gasteiger partial charge < -0.3 is 14.2 Å². The third-order valence-corrected chi connectivity index (χ3v) is 7.72. The smallest absolute Gasteiger partial charge is 0.338 e. The van der Waals surface area contributed by atoms with Crippen LogP contribution in [0.4, 0.5) is 0 Å². The second-order valence-corrected chi connectivity index (χ2v) is 11.1. The minimum absolute atomic E-state index is 0.0204. The SMILES string of the molecule is CCOC(=O)c1cc(OC(=O)CC23C[C@@H]4C[C@H](CC(Br)(C4)C2)C3)cc(C(=O)OCC)c1. The maximum Gasteiger partial charge on any atom is 0.338 e. The quantitative estimate of drug-likeness (QED) is 0.300. The van der Waals surface area contributed by atoms with Gasteiger partial charge in [-0.1, -0.05) is 15.9 Å². The number of esters is 3. The number of alkyl halides is 1. The predicted molar refractivity (Wildman–Crippen MR) is 117 cm³/mol.